The van der Waals surface area contributed by atoms with Gasteiger partial charge < -0.3 is 14.1 Å². The summed E-state index contributed by atoms with van der Waals surface area (Å²) < 4.78 is 39.1. The average molecular weight is 435 g/mol. The molecule has 0 unspecified atom stereocenters. The van der Waals surface area contributed by atoms with Gasteiger partial charge >= 0.3 is 0 Å². The maximum atomic E-state index is 13.3. The van der Waals surface area contributed by atoms with Gasteiger partial charge in [0.25, 0.3) is 10.0 Å². The number of anilines is 1. The molecule has 1 fully saturated rings. The molecule has 0 saturated carbocycles. The summed E-state index contributed by atoms with van der Waals surface area (Å²) in [5.74, 6) is 1.74. The summed E-state index contributed by atoms with van der Waals surface area (Å²) in [6.07, 6.45) is 4.57. The Balaban J connectivity index is 1.53. The van der Waals surface area contributed by atoms with E-state index in [1.54, 1.807) is 59.6 Å². The number of methoxy groups -OCH3 is 1. The summed E-state index contributed by atoms with van der Waals surface area (Å²) in [5, 5.41) is 1.78. The largest absolute Gasteiger partial charge is 0.481 e. The van der Waals surface area contributed by atoms with Crippen LogP contribution in [0.1, 0.15) is 18.6 Å². The van der Waals surface area contributed by atoms with E-state index in [-0.39, 0.29) is 12.6 Å². The summed E-state index contributed by atoms with van der Waals surface area (Å²) in [6, 6.07) is 8.55. The number of aromatic nitrogens is 2. The zero-order valence-corrected chi connectivity index (χ0v) is 17.6. The van der Waals surface area contributed by atoms with Crippen LogP contribution in [0.25, 0.3) is 0 Å². The summed E-state index contributed by atoms with van der Waals surface area (Å²) in [6.45, 7) is 1.53. The van der Waals surface area contributed by atoms with Crippen molar-refractivity contribution in [1.82, 2.24) is 14.3 Å². The van der Waals surface area contributed by atoms with Gasteiger partial charge in [0.1, 0.15) is 9.97 Å². The van der Waals surface area contributed by atoms with Crippen molar-refractivity contribution in [2.75, 3.05) is 25.1 Å². The number of nitrogens with zero attached hydrogens (tertiary/aromatic N) is 4. The molecule has 3 aromatic heterocycles. The van der Waals surface area contributed by atoms with Crippen LogP contribution < -0.4 is 9.64 Å². The Morgan fingerprint density at radius 1 is 1.28 bits per heavy atom. The molecule has 0 amide bonds. The molecular weight excluding hydrogens is 412 g/mol. The minimum Gasteiger partial charge on any atom is -0.481 e. The average Bonchev–Trinajstić information content (AvgIpc) is 3.46. The van der Waals surface area contributed by atoms with Gasteiger partial charge in [0.15, 0.2) is 0 Å². The molecule has 0 aliphatic carbocycles. The van der Waals surface area contributed by atoms with Gasteiger partial charge in [-0.2, -0.15) is 9.29 Å². The van der Waals surface area contributed by atoms with E-state index in [2.05, 4.69) is 14.9 Å². The van der Waals surface area contributed by atoms with Crippen LogP contribution in [0.4, 0.5) is 5.95 Å². The number of piperidine rings is 1. The highest BCUT2D eigenvalue weighted by Crippen LogP contribution is 2.29. The molecule has 4 rings (SSSR count). The maximum absolute atomic E-state index is 13.3. The molecule has 0 bridgehead atoms. The molecule has 0 spiro atoms. The molecule has 0 atom stereocenters. The van der Waals surface area contributed by atoms with Crippen molar-refractivity contribution in [3.63, 3.8) is 0 Å². The number of sulfonamides is 1. The first-order valence-corrected chi connectivity index (χ1v) is 11.6. The van der Waals surface area contributed by atoms with Crippen molar-refractivity contribution in [3.8, 4) is 5.88 Å². The van der Waals surface area contributed by atoms with Crippen LogP contribution in [-0.4, -0.2) is 48.9 Å². The van der Waals surface area contributed by atoms with E-state index in [4.69, 9.17) is 9.15 Å². The number of hydrogen-bond acceptors (Lipinski definition) is 8. The smallest absolute Gasteiger partial charge is 0.253 e. The minimum atomic E-state index is -3.60. The molecule has 154 valence electrons. The normalized spacial score (nSPS) is 15.7. The standard InChI is InChI=1S/C19H22N4O4S2/c1-26-17-6-9-20-19(21-17)22-10-7-15(8-11-22)23(14-16-4-2-12-27-16)29(24,25)18-5-3-13-28-18/h2-6,9,12-13,15H,7-8,10-11,14H2,1H3. The highest BCUT2D eigenvalue weighted by Gasteiger charge is 2.35. The Bertz CT molecular complexity index is 1010. The topological polar surface area (TPSA) is 88.8 Å². The van der Waals surface area contributed by atoms with Crippen molar-refractivity contribution >= 4 is 27.3 Å². The van der Waals surface area contributed by atoms with Gasteiger partial charge in [0.05, 0.1) is 19.9 Å². The molecule has 0 N–H and O–H groups in total. The van der Waals surface area contributed by atoms with Crippen LogP contribution in [-0.2, 0) is 16.6 Å². The van der Waals surface area contributed by atoms with Gasteiger partial charge in [-0.05, 0) is 36.4 Å². The summed E-state index contributed by atoms with van der Waals surface area (Å²) in [4.78, 5) is 10.8. The van der Waals surface area contributed by atoms with Crippen LogP contribution in [0, 0.1) is 0 Å². The third kappa shape index (κ3) is 4.29. The molecule has 8 nitrogen and oxygen atoms in total. The summed E-state index contributed by atoms with van der Waals surface area (Å²) >= 11 is 1.23. The first kappa shape index (κ1) is 19.9. The Labute approximate surface area is 173 Å². The van der Waals surface area contributed by atoms with Crippen LogP contribution >= 0.6 is 11.3 Å². The first-order valence-electron chi connectivity index (χ1n) is 9.27. The fourth-order valence-electron chi connectivity index (χ4n) is 3.44. The fourth-order valence-corrected chi connectivity index (χ4v) is 6.22. The van der Waals surface area contributed by atoms with Crippen LogP contribution in [0.15, 0.2) is 56.8 Å². The van der Waals surface area contributed by atoms with E-state index in [1.807, 2.05) is 0 Å². The SMILES string of the molecule is COc1ccnc(N2CCC(N(Cc3ccco3)S(=O)(=O)c3cccs3)CC2)n1. The van der Waals surface area contributed by atoms with Gasteiger partial charge in [0, 0.05) is 31.4 Å². The first-order chi connectivity index (χ1) is 14.1. The third-order valence-electron chi connectivity index (χ3n) is 4.93. The molecule has 1 saturated heterocycles. The van der Waals surface area contributed by atoms with E-state index in [9.17, 15) is 8.42 Å². The zero-order valence-electron chi connectivity index (χ0n) is 16.0. The van der Waals surface area contributed by atoms with E-state index in [0.717, 1.165) is 0 Å². The molecule has 4 heterocycles. The van der Waals surface area contributed by atoms with Crippen LogP contribution in [0.3, 0.4) is 0 Å². The van der Waals surface area contributed by atoms with Gasteiger partial charge in [-0.15, -0.1) is 11.3 Å². The molecule has 10 heteroatoms. The number of ether oxygens (including phenoxy) is 1. The molecule has 0 aromatic carbocycles. The minimum absolute atomic E-state index is 0.131. The van der Waals surface area contributed by atoms with Gasteiger partial charge in [-0.1, -0.05) is 6.07 Å². The summed E-state index contributed by atoms with van der Waals surface area (Å²) in [5.41, 5.74) is 0. The predicted octanol–water partition coefficient (Wildman–Crippen LogP) is 3.00. The molecule has 3 aromatic rings. The van der Waals surface area contributed by atoms with E-state index in [1.165, 1.54) is 11.3 Å². The van der Waals surface area contributed by atoms with Crippen LogP contribution in [0.5, 0.6) is 5.88 Å². The second-order valence-electron chi connectivity index (χ2n) is 6.68. The Hall–Kier alpha value is -2.43. The maximum Gasteiger partial charge on any atom is 0.253 e. The fraction of sp³-hybridized carbons (Fsp3) is 0.368. The van der Waals surface area contributed by atoms with Crippen molar-refractivity contribution in [2.24, 2.45) is 0 Å². The quantitative estimate of drug-likeness (QED) is 0.565. The van der Waals surface area contributed by atoms with E-state index < -0.39 is 10.0 Å². The van der Waals surface area contributed by atoms with Crippen LogP contribution in [0.2, 0.25) is 0 Å². The van der Waals surface area contributed by atoms with Crippen molar-refractivity contribution in [3.05, 3.63) is 53.9 Å². The Kier molecular flexibility index (Phi) is 5.84. The third-order valence-corrected chi connectivity index (χ3v) is 8.20. The Morgan fingerprint density at radius 2 is 2.10 bits per heavy atom. The van der Waals surface area contributed by atoms with Crippen molar-refractivity contribution < 1.29 is 17.6 Å². The lowest BCUT2D eigenvalue weighted by molar-refractivity contribution is 0.252. The molecule has 1 aliphatic rings. The van der Waals surface area contributed by atoms with Crippen molar-refractivity contribution in [1.29, 1.82) is 0 Å². The lowest BCUT2D eigenvalue weighted by atomic mass is 10.1. The molecular formula is C19H22N4O4S2. The van der Waals surface area contributed by atoms with Gasteiger partial charge in [-0.25, -0.2) is 13.4 Å². The molecule has 0 radical (unpaired) electrons. The molecule has 1 aliphatic heterocycles. The highest BCUT2D eigenvalue weighted by atomic mass is 32.2. The Morgan fingerprint density at radius 3 is 2.76 bits per heavy atom. The highest BCUT2D eigenvalue weighted by molar-refractivity contribution is 7.91. The van der Waals surface area contributed by atoms with E-state index in [0.29, 0.717) is 47.7 Å². The lowest BCUT2D eigenvalue weighted by Crippen LogP contribution is -2.47. The zero-order chi connectivity index (χ0) is 20.3. The second-order valence-corrected chi connectivity index (χ2v) is 9.74. The monoisotopic (exact) mass is 434 g/mol. The summed E-state index contributed by atoms with van der Waals surface area (Å²) in [7, 11) is -2.03. The van der Waals surface area contributed by atoms with Gasteiger partial charge in [0.2, 0.25) is 11.8 Å². The van der Waals surface area contributed by atoms with Crippen molar-refractivity contribution in [2.45, 2.75) is 29.6 Å². The molecule has 29 heavy (non-hydrogen) atoms. The predicted molar refractivity (Wildman–Crippen MR) is 110 cm³/mol. The number of thiophene rings is 1. The number of furan rings is 1. The lowest BCUT2D eigenvalue weighted by Gasteiger charge is -2.37. The number of hydrogen-bond donors (Lipinski definition) is 0. The van der Waals surface area contributed by atoms with E-state index >= 15 is 0 Å². The van der Waals surface area contributed by atoms with Gasteiger partial charge in [-0.3, -0.25) is 0 Å². The second kappa shape index (κ2) is 8.52. The number of rotatable bonds is 7.